The zero-order chi connectivity index (χ0) is 26.4. The SMILES string of the molecule is Cc1cnc2nc(CC3=C(O)CC(CCc4ccc(C(C)(C)O)c(F)c4)(C4CCCC4)OC3=O)nn2c1. The van der Waals surface area contributed by atoms with Crippen molar-refractivity contribution in [1.29, 1.82) is 0 Å². The number of rotatable bonds is 7. The lowest BCUT2D eigenvalue weighted by Gasteiger charge is -2.41. The number of cyclic esters (lactones) is 1. The van der Waals surface area contributed by atoms with Gasteiger partial charge in [0, 0.05) is 30.8 Å². The monoisotopic (exact) mass is 508 g/mol. The van der Waals surface area contributed by atoms with Gasteiger partial charge in [-0.05, 0) is 69.6 Å². The Kier molecular flexibility index (Phi) is 6.52. The summed E-state index contributed by atoms with van der Waals surface area (Å²) < 4.78 is 22.4. The highest BCUT2D eigenvalue weighted by Gasteiger charge is 2.48. The molecule has 1 unspecified atom stereocenters. The van der Waals surface area contributed by atoms with Crippen LogP contribution in [-0.2, 0) is 28.0 Å². The van der Waals surface area contributed by atoms with Gasteiger partial charge in [-0.2, -0.15) is 4.98 Å². The van der Waals surface area contributed by atoms with E-state index in [1.165, 1.54) is 6.07 Å². The number of esters is 1. The summed E-state index contributed by atoms with van der Waals surface area (Å²) in [6.45, 7) is 5.00. The molecule has 2 aliphatic rings. The van der Waals surface area contributed by atoms with Crippen LogP contribution in [0.15, 0.2) is 41.9 Å². The molecule has 0 spiro atoms. The number of carbonyl (C=O) groups is 1. The van der Waals surface area contributed by atoms with Gasteiger partial charge in [-0.15, -0.1) is 5.10 Å². The van der Waals surface area contributed by atoms with Crippen LogP contribution in [0.3, 0.4) is 0 Å². The third-order valence-electron chi connectivity index (χ3n) is 7.69. The maximum Gasteiger partial charge on any atom is 0.338 e. The summed E-state index contributed by atoms with van der Waals surface area (Å²) in [5.74, 6) is -0.0754. The third-order valence-corrected chi connectivity index (χ3v) is 7.69. The molecule has 1 aliphatic carbocycles. The molecule has 196 valence electrons. The fraction of sp³-hybridized carbons (Fsp3) is 0.500. The number of aliphatic hydroxyl groups is 2. The van der Waals surface area contributed by atoms with Gasteiger partial charge >= 0.3 is 5.97 Å². The highest BCUT2D eigenvalue weighted by atomic mass is 19.1. The number of carbonyl (C=O) groups excluding carboxylic acids is 1. The van der Waals surface area contributed by atoms with Crippen molar-refractivity contribution < 1.29 is 24.1 Å². The summed E-state index contributed by atoms with van der Waals surface area (Å²) in [7, 11) is 0. The molecular formula is C28H33FN4O4. The number of aryl methyl sites for hydroxylation is 2. The van der Waals surface area contributed by atoms with Crippen LogP contribution in [0.25, 0.3) is 5.78 Å². The highest BCUT2D eigenvalue weighted by molar-refractivity contribution is 5.90. The molecule has 0 saturated heterocycles. The zero-order valence-corrected chi connectivity index (χ0v) is 21.5. The van der Waals surface area contributed by atoms with Crippen molar-refractivity contribution in [3.63, 3.8) is 0 Å². The Morgan fingerprint density at radius 1 is 1.27 bits per heavy atom. The molecule has 1 fully saturated rings. The minimum atomic E-state index is -1.27. The summed E-state index contributed by atoms with van der Waals surface area (Å²) in [6.07, 6.45) is 8.65. The van der Waals surface area contributed by atoms with Crippen LogP contribution in [0.2, 0.25) is 0 Å². The molecule has 3 heterocycles. The van der Waals surface area contributed by atoms with Crippen LogP contribution in [0.1, 0.15) is 74.9 Å². The number of hydrogen-bond donors (Lipinski definition) is 2. The summed E-state index contributed by atoms with van der Waals surface area (Å²) >= 11 is 0. The molecule has 5 rings (SSSR count). The number of ether oxygens (including phenoxy) is 1. The number of aliphatic hydroxyl groups excluding tert-OH is 1. The first-order chi connectivity index (χ1) is 17.5. The van der Waals surface area contributed by atoms with Gasteiger partial charge in [0.25, 0.3) is 5.78 Å². The summed E-state index contributed by atoms with van der Waals surface area (Å²) in [6, 6.07) is 4.84. The summed E-state index contributed by atoms with van der Waals surface area (Å²) in [5, 5.41) is 25.7. The smallest absolute Gasteiger partial charge is 0.338 e. The maximum absolute atomic E-state index is 14.7. The van der Waals surface area contributed by atoms with Crippen LogP contribution in [0.5, 0.6) is 0 Å². The van der Waals surface area contributed by atoms with Gasteiger partial charge in [-0.3, -0.25) is 0 Å². The van der Waals surface area contributed by atoms with Crippen LogP contribution in [0.4, 0.5) is 4.39 Å². The van der Waals surface area contributed by atoms with Crippen molar-refractivity contribution in [1.82, 2.24) is 19.6 Å². The van der Waals surface area contributed by atoms with Gasteiger partial charge in [-0.25, -0.2) is 18.7 Å². The number of benzene rings is 1. The van der Waals surface area contributed by atoms with E-state index in [4.69, 9.17) is 4.74 Å². The Morgan fingerprint density at radius 2 is 2.03 bits per heavy atom. The Labute approximate surface area is 215 Å². The lowest BCUT2D eigenvalue weighted by molar-refractivity contribution is -0.167. The summed E-state index contributed by atoms with van der Waals surface area (Å²) in [5.41, 5.74) is -0.0327. The van der Waals surface area contributed by atoms with Crippen LogP contribution in [-0.4, -0.2) is 41.4 Å². The molecule has 2 aromatic heterocycles. The van der Waals surface area contributed by atoms with E-state index < -0.39 is 23.0 Å². The van der Waals surface area contributed by atoms with E-state index in [9.17, 15) is 19.4 Å². The topological polar surface area (TPSA) is 110 Å². The molecule has 1 aromatic carbocycles. The van der Waals surface area contributed by atoms with Crippen molar-refractivity contribution in [2.75, 3.05) is 0 Å². The summed E-state index contributed by atoms with van der Waals surface area (Å²) in [4.78, 5) is 21.9. The molecule has 1 atom stereocenters. The average molecular weight is 509 g/mol. The van der Waals surface area contributed by atoms with Gasteiger partial charge in [0.1, 0.15) is 17.2 Å². The van der Waals surface area contributed by atoms with E-state index in [0.29, 0.717) is 24.4 Å². The van der Waals surface area contributed by atoms with Crippen molar-refractivity contribution in [3.8, 4) is 0 Å². The molecule has 2 N–H and O–H groups in total. The first-order valence-corrected chi connectivity index (χ1v) is 12.9. The van der Waals surface area contributed by atoms with Crippen LogP contribution >= 0.6 is 0 Å². The average Bonchev–Trinajstić information content (AvgIpc) is 3.49. The predicted octanol–water partition coefficient (Wildman–Crippen LogP) is 4.66. The molecule has 0 amide bonds. The second-order valence-electron chi connectivity index (χ2n) is 11.0. The van der Waals surface area contributed by atoms with E-state index >= 15 is 0 Å². The number of hydrogen-bond acceptors (Lipinski definition) is 7. The molecule has 3 aromatic rings. The second kappa shape index (κ2) is 9.52. The maximum atomic E-state index is 14.7. The number of aromatic nitrogens is 4. The van der Waals surface area contributed by atoms with E-state index in [1.807, 2.05) is 6.92 Å². The van der Waals surface area contributed by atoms with Crippen LogP contribution < -0.4 is 0 Å². The van der Waals surface area contributed by atoms with E-state index in [2.05, 4.69) is 15.1 Å². The van der Waals surface area contributed by atoms with E-state index in [0.717, 1.165) is 36.8 Å². The Balaban J connectivity index is 1.38. The predicted molar refractivity (Wildman–Crippen MR) is 134 cm³/mol. The zero-order valence-electron chi connectivity index (χ0n) is 21.5. The van der Waals surface area contributed by atoms with Crippen molar-refractivity contribution in [2.24, 2.45) is 5.92 Å². The molecule has 8 nitrogen and oxygen atoms in total. The third kappa shape index (κ3) is 5.09. The van der Waals surface area contributed by atoms with Gasteiger partial charge < -0.3 is 14.9 Å². The quantitative estimate of drug-likeness (QED) is 0.447. The molecule has 0 radical (unpaired) electrons. The fourth-order valence-corrected chi connectivity index (χ4v) is 5.71. The van der Waals surface area contributed by atoms with E-state index in [1.54, 1.807) is 42.9 Å². The van der Waals surface area contributed by atoms with Crippen molar-refractivity contribution in [3.05, 3.63) is 70.3 Å². The minimum Gasteiger partial charge on any atom is -0.512 e. The Morgan fingerprint density at radius 3 is 2.70 bits per heavy atom. The standard InChI is InChI=1S/C28H33FN4O4/c1-17-15-30-26-31-24(32-33(26)16-17)13-20-23(34)14-28(37-25(20)35,19-6-4-5-7-19)11-10-18-8-9-21(22(29)12-18)27(2,3)36/h8-9,12,15-16,19,34,36H,4-7,10-11,13-14H2,1-3H3. The largest absolute Gasteiger partial charge is 0.512 e. The molecule has 37 heavy (non-hydrogen) atoms. The number of nitrogens with zero attached hydrogens (tertiary/aromatic N) is 4. The molecule has 9 heteroatoms. The van der Waals surface area contributed by atoms with Gasteiger partial charge in [0.15, 0.2) is 5.82 Å². The fourth-order valence-electron chi connectivity index (χ4n) is 5.71. The van der Waals surface area contributed by atoms with E-state index in [-0.39, 0.29) is 35.7 Å². The molecular weight excluding hydrogens is 475 g/mol. The Bertz CT molecular complexity index is 1370. The lowest BCUT2D eigenvalue weighted by Crippen LogP contribution is -2.46. The molecule has 0 bridgehead atoms. The van der Waals surface area contributed by atoms with Crippen molar-refractivity contribution >= 4 is 11.7 Å². The normalized spacial score (nSPS) is 21.2. The van der Waals surface area contributed by atoms with Crippen LogP contribution in [0, 0.1) is 18.7 Å². The second-order valence-corrected chi connectivity index (χ2v) is 11.0. The van der Waals surface area contributed by atoms with Gasteiger partial charge in [0.2, 0.25) is 0 Å². The number of fused-ring (bicyclic) bond motifs is 1. The minimum absolute atomic E-state index is 0.00899. The highest BCUT2D eigenvalue weighted by Crippen LogP contribution is 2.46. The first-order valence-electron chi connectivity index (χ1n) is 12.9. The first kappa shape index (κ1) is 25.3. The van der Waals surface area contributed by atoms with Gasteiger partial charge in [0.05, 0.1) is 11.2 Å². The molecule has 1 saturated carbocycles. The van der Waals surface area contributed by atoms with Gasteiger partial charge in [-0.1, -0.05) is 25.0 Å². The Hall–Kier alpha value is -3.33. The molecule has 1 aliphatic heterocycles. The van der Waals surface area contributed by atoms with Crippen molar-refractivity contribution in [2.45, 2.75) is 83.3 Å². The lowest BCUT2D eigenvalue weighted by atomic mass is 9.76. The number of halogens is 1.